The van der Waals surface area contributed by atoms with Gasteiger partial charge in [0.2, 0.25) is 0 Å². The molecule has 0 aliphatic carbocycles. The van der Waals surface area contributed by atoms with Gasteiger partial charge in [0, 0.05) is 6.42 Å². The zero-order chi connectivity index (χ0) is 7.49. The van der Waals surface area contributed by atoms with Gasteiger partial charge in [-0.2, -0.15) is 13.2 Å². The summed E-state index contributed by atoms with van der Waals surface area (Å²) in [5.41, 5.74) is 0. The van der Waals surface area contributed by atoms with Crippen LogP contribution in [0.5, 0.6) is 0 Å². The van der Waals surface area contributed by atoms with Crippen LogP contribution in [0.15, 0.2) is 0 Å². The highest BCUT2D eigenvalue weighted by molar-refractivity contribution is 6.55. The summed E-state index contributed by atoms with van der Waals surface area (Å²) < 4.78 is 34.3. The number of rotatable bonds is 2. The monoisotopic (exact) mass is 154 g/mol. The molecule has 0 aromatic carbocycles. The molecule has 0 fully saturated rings. The van der Waals surface area contributed by atoms with E-state index in [0.717, 1.165) is 0 Å². The van der Waals surface area contributed by atoms with Crippen LogP contribution in [0.25, 0.3) is 0 Å². The van der Waals surface area contributed by atoms with Crippen molar-refractivity contribution in [1.82, 2.24) is 0 Å². The summed E-state index contributed by atoms with van der Waals surface area (Å²) >= 11 is -0.990. The van der Waals surface area contributed by atoms with E-state index in [9.17, 15) is 13.2 Å². The summed E-state index contributed by atoms with van der Waals surface area (Å²) in [5, 5.41) is 0.378. The summed E-state index contributed by atoms with van der Waals surface area (Å²) in [6.45, 7) is 0. The van der Waals surface area contributed by atoms with Crippen LogP contribution >= 0.6 is 0 Å². The van der Waals surface area contributed by atoms with Crippen molar-refractivity contribution in [2.24, 2.45) is 0 Å². The molecule has 0 atom stereocenters. The molecule has 0 aromatic rings. The molecule has 0 N–H and O–H groups in total. The fraction of sp³-hybridized carbons (Fsp3) is 1.00. The zero-order valence-corrected chi connectivity index (χ0v) is 6.78. The first kappa shape index (κ1) is 9.32. The Morgan fingerprint density at radius 3 is 1.78 bits per heavy atom. The van der Waals surface area contributed by atoms with Crippen LogP contribution in [0.4, 0.5) is 13.2 Å². The molecule has 0 radical (unpaired) electrons. The molecular weight excluding hydrogens is 144 g/mol. The van der Waals surface area contributed by atoms with Crippen molar-refractivity contribution in [2.45, 2.75) is 29.5 Å². The maximum absolute atomic E-state index is 11.4. The lowest BCUT2D eigenvalue weighted by Crippen LogP contribution is -2.11. The van der Waals surface area contributed by atoms with E-state index < -0.39 is 26.7 Å². The smallest absolute Gasteiger partial charge is 0.171 e. The van der Waals surface area contributed by atoms with Crippen molar-refractivity contribution < 1.29 is 13.2 Å². The molecule has 0 aromatic heterocycles. The van der Waals surface area contributed by atoms with Gasteiger partial charge in [0.15, 0.2) is 0 Å². The van der Waals surface area contributed by atoms with Gasteiger partial charge in [0.25, 0.3) is 14.1 Å². The van der Waals surface area contributed by atoms with Gasteiger partial charge in [0.1, 0.15) is 0 Å². The molecule has 0 saturated heterocycles. The van der Waals surface area contributed by atoms with Crippen LogP contribution in [0.3, 0.4) is 0 Å². The molecule has 0 heterocycles. The highest BCUT2D eigenvalue weighted by Crippen LogP contribution is 2.22. The average molecular weight is 154 g/mol. The molecule has 0 bridgehead atoms. The Morgan fingerprint density at radius 2 is 1.67 bits per heavy atom. The fourth-order valence-corrected chi connectivity index (χ4v) is 1.36. The molecular formula is C5H10AlF3. The molecule has 4 heteroatoms. The van der Waals surface area contributed by atoms with Crippen molar-refractivity contribution in [1.29, 1.82) is 0 Å². The summed E-state index contributed by atoms with van der Waals surface area (Å²) in [6.07, 6.45) is -4.52. The summed E-state index contributed by atoms with van der Waals surface area (Å²) in [6, 6.07) is 0. The van der Waals surface area contributed by atoms with Crippen LogP contribution in [-0.2, 0) is 0 Å². The normalized spacial score (nSPS) is 11.7. The lowest BCUT2D eigenvalue weighted by Gasteiger charge is -2.04. The van der Waals surface area contributed by atoms with Gasteiger partial charge < -0.3 is 0 Å². The predicted octanol–water partition coefficient (Wildman–Crippen LogP) is 2.69. The molecule has 0 rings (SSSR count). The minimum absolute atomic E-state index is 0.378. The fourth-order valence-electron chi connectivity index (χ4n) is 0.452. The molecule has 0 amide bonds. The molecule has 0 saturated carbocycles. The third-order valence-electron chi connectivity index (χ3n) is 1.01. The largest absolute Gasteiger partial charge is 0.387 e. The maximum Gasteiger partial charge on any atom is 0.387 e. The van der Waals surface area contributed by atoms with E-state index in [-0.39, 0.29) is 0 Å². The van der Waals surface area contributed by atoms with Crippen molar-refractivity contribution in [3.05, 3.63) is 0 Å². The topological polar surface area (TPSA) is 0 Å². The van der Waals surface area contributed by atoms with Crippen LogP contribution in [0.1, 0.15) is 6.42 Å². The molecule has 0 spiro atoms. The predicted molar refractivity (Wildman–Crippen MR) is 33.0 cm³/mol. The summed E-state index contributed by atoms with van der Waals surface area (Å²) in [4.78, 5) is 0. The van der Waals surface area contributed by atoms with E-state index in [4.69, 9.17) is 0 Å². The minimum atomic E-state index is -3.93. The first-order valence-corrected chi connectivity index (χ1v) is 6.11. The first-order chi connectivity index (χ1) is 3.92. The minimum Gasteiger partial charge on any atom is -0.171 e. The molecule has 9 heavy (non-hydrogen) atoms. The molecule has 0 nitrogen and oxygen atoms in total. The SMILES string of the molecule is [CH3][Al]([CH3])[CH2]CC(F)(F)F. The third-order valence-corrected chi connectivity index (χ3v) is 2.45. The standard InChI is InChI=1S/C3H4F3.2CH3.Al/c1-2-3(4,5)6;;;/h1-2H2;2*1H3;. The second-order valence-corrected chi connectivity index (χ2v) is 5.91. The van der Waals surface area contributed by atoms with Crippen LogP contribution in [0.2, 0.25) is 16.9 Å². The van der Waals surface area contributed by atoms with Crippen molar-refractivity contribution in [2.75, 3.05) is 0 Å². The Labute approximate surface area is 57.4 Å². The van der Waals surface area contributed by atoms with E-state index >= 15 is 0 Å². The molecule has 54 valence electrons. The number of hydrogen-bond donors (Lipinski definition) is 0. The Kier molecular flexibility index (Phi) is 3.61. The highest BCUT2D eigenvalue weighted by Gasteiger charge is 2.27. The lowest BCUT2D eigenvalue weighted by atomic mass is 10.5. The summed E-state index contributed by atoms with van der Waals surface area (Å²) in [5.74, 6) is 3.84. The van der Waals surface area contributed by atoms with Gasteiger partial charge in [-0.3, -0.25) is 0 Å². The van der Waals surface area contributed by atoms with E-state index in [1.54, 1.807) is 0 Å². The van der Waals surface area contributed by atoms with Gasteiger partial charge >= 0.3 is 6.18 Å². The number of hydrogen-bond acceptors (Lipinski definition) is 0. The Bertz CT molecular complexity index is 76.8. The lowest BCUT2D eigenvalue weighted by molar-refractivity contribution is -0.130. The second kappa shape index (κ2) is 3.48. The maximum atomic E-state index is 11.4. The zero-order valence-electron chi connectivity index (χ0n) is 5.63. The van der Waals surface area contributed by atoms with Crippen molar-refractivity contribution in [3.8, 4) is 0 Å². The van der Waals surface area contributed by atoms with Crippen LogP contribution in [-0.4, -0.2) is 20.3 Å². The highest BCUT2D eigenvalue weighted by atomic mass is 27.2. The van der Waals surface area contributed by atoms with E-state index in [1.807, 2.05) is 11.6 Å². The number of halogens is 3. The summed E-state index contributed by atoms with van der Waals surface area (Å²) in [7, 11) is 0. The van der Waals surface area contributed by atoms with Gasteiger partial charge in [-0.25, -0.2) is 0 Å². The van der Waals surface area contributed by atoms with Crippen molar-refractivity contribution >= 4 is 14.1 Å². The van der Waals surface area contributed by atoms with Crippen LogP contribution in [0, 0.1) is 0 Å². The molecule has 0 aliphatic rings. The van der Waals surface area contributed by atoms with Gasteiger partial charge in [-0.05, 0) is 0 Å². The van der Waals surface area contributed by atoms with Gasteiger partial charge in [-0.15, -0.1) is 11.6 Å². The second-order valence-electron chi connectivity index (χ2n) is 2.55. The Morgan fingerprint density at radius 1 is 1.22 bits per heavy atom. The van der Waals surface area contributed by atoms with Crippen molar-refractivity contribution in [3.63, 3.8) is 0 Å². The Hall–Kier alpha value is 0.322. The van der Waals surface area contributed by atoms with Gasteiger partial charge in [0.05, 0.1) is 0 Å². The van der Waals surface area contributed by atoms with E-state index in [1.165, 1.54) is 0 Å². The molecule has 0 unspecified atom stereocenters. The third kappa shape index (κ3) is 8.32. The van der Waals surface area contributed by atoms with Gasteiger partial charge in [-0.1, -0.05) is 5.28 Å². The first-order valence-electron chi connectivity index (χ1n) is 2.98. The Balaban J connectivity index is 3.28. The molecule has 0 aliphatic heterocycles. The quantitative estimate of drug-likeness (QED) is 0.536. The van der Waals surface area contributed by atoms with E-state index in [2.05, 4.69) is 0 Å². The average Bonchev–Trinajstić information content (AvgIpc) is 1.59. The van der Waals surface area contributed by atoms with E-state index in [0.29, 0.717) is 5.28 Å². The number of alkyl halides is 3. The van der Waals surface area contributed by atoms with Crippen LogP contribution < -0.4 is 0 Å².